The normalized spacial score (nSPS) is 10.8. The number of H-pyrrole nitrogens is 1. The molecular weight excluding hydrogens is 330 g/mol. The summed E-state index contributed by atoms with van der Waals surface area (Å²) in [5.41, 5.74) is 6.41. The lowest BCUT2D eigenvalue weighted by atomic mass is 10.0. The fourth-order valence-electron chi connectivity index (χ4n) is 2.84. The van der Waals surface area contributed by atoms with Gasteiger partial charge < -0.3 is 0 Å². The zero-order valence-corrected chi connectivity index (χ0v) is 13.7. The van der Waals surface area contributed by atoms with Gasteiger partial charge in [-0.1, -0.05) is 30.3 Å². The van der Waals surface area contributed by atoms with E-state index in [1.54, 1.807) is 36.7 Å². The van der Waals surface area contributed by atoms with Crippen LogP contribution >= 0.6 is 0 Å². The Morgan fingerprint density at radius 1 is 1.04 bits per heavy atom. The largest absolute Gasteiger partial charge is 0.291 e. The van der Waals surface area contributed by atoms with Crippen LogP contribution in [0.3, 0.4) is 0 Å². The Morgan fingerprint density at radius 3 is 2.85 bits per heavy atom. The number of nitrogens with one attached hydrogen (secondary N) is 3. The third kappa shape index (κ3) is 3.10. The van der Waals surface area contributed by atoms with E-state index in [1.807, 2.05) is 24.3 Å². The second-order valence-corrected chi connectivity index (χ2v) is 5.80. The van der Waals surface area contributed by atoms with Crippen LogP contribution in [0.1, 0.15) is 5.56 Å². The molecule has 0 saturated carbocycles. The molecule has 0 bridgehead atoms. The van der Waals surface area contributed by atoms with Gasteiger partial charge in [0.05, 0.1) is 17.3 Å². The lowest BCUT2D eigenvalue weighted by Crippen LogP contribution is -2.32. The number of fused-ring (bicyclic) bond motifs is 2. The van der Waals surface area contributed by atoms with Gasteiger partial charge in [0, 0.05) is 17.8 Å². The number of carbonyl (C=O) groups is 1. The van der Waals surface area contributed by atoms with Crippen LogP contribution in [0.2, 0.25) is 0 Å². The van der Waals surface area contributed by atoms with Crippen molar-refractivity contribution < 1.29 is 4.79 Å². The number of aromatic amines is 1. The van der Waals surface area contributed by atoms with E-state index in [4.69, 9.17) is 0 Å². The Balaban J connectivity index is 1.50. The van der Waals surface area contributed by atoms with E-state index in [0.717, 1.165) is 16.3 Å². The summed E-state index contributed by atoms with van der Waals surface area (Å²) in [6.45, 7) is 0. The predicted molar refractivity (Wildman–Crippen MR) is 99.6 cm³/mol. The first-order chi connectivity index (χ1) is 12.7. The van der Waals surface area contributed by atoms with E-state index in [1.165, 1.54) is 0 Å². The van der Waals surface area contributed by atoms with Gasteiger partial charge in [-0.3, -0.25) is 30.4 Å². The van der Waals surface area contributed by atoms with Crippen molar-refractivity contribution in [3.8, 4) is 0 Å². The van der Waals surface area contributed by atoms with Crippen molar-refractivity contribution >= 4 is 33.5 Å². The molecule has 2 aromatic heterocycles. The summed E-state index contributed by atoms with van der Waals surface area (Å²) in [6, 6.07) is 14.6. The first-order valence-corrected chi connectivity index (χ1v) is 8.06. The molecule has 3 N–H and O–H groups in total. The van der Waals surface area contributed by atoms with E-state index in [9.17, 15) is 9.59 Å². The molecule has 0 spiro atoms. The molecule has 0 fully saturated rings. The molecule has 0 radical (unpaired) electrons. The molecule has 7 heteroatoms. The highest BCUT2D eigenvalue weighted by Crippen LogP contribution is 2.17. The van der Waals surface area contributed by atoms with Crippen LogP contribution in [-0.4, -0.2) is 20.9 Å². The van der Waals surface area contributed by atoms with Gasteiger partial charge in [0.1, 0.15) is 0 Å². The number of hydrogen-bond acceptors (Lipinski definition) is 5. The maximum Gasteiger partial charge on any atom is 0.260 e. The molecule has 0 atom stereocenters. The topological polar surface area (TPSA) is 99.8 Å². The summed E-state index contributed by atoms with van der Waals surface area (Å²) in [7, 11) is 0. The van der Waals surface area contributed by atoms with Gasteiger partial charge in [0.15, 0.2) is 0 Å². The Labute approximate surface area is 148 Å². The number of amides is 1. The number of hydrogen-bond donors (Lipinski definition) is 3. The molecule has 7 nitrogen and oxygen atoms in total. The maximum absolute atomic E-state index is 12.3. The average Bonchev–Trinajstić information content (AvgIpc) is 2.67. The molecule has 2 aromatic carbocycles. The van der Waals surface area contributed by atoms with E-state index in [0.29, 0.717) is 10.9 Å². The molecular formula is C19H15N5O2. The summed E-state index contributed by atoms with van der Waals surface area (Å²) >= 11 is 0. The number of anilines is 1. The fourth-order valence-corrected chi connectivity index (χ4v) is 2.84. The van der Waals surface area contributed by atoms with Crippen molar-refractivity contribution in [1.29, 1.82) is 0 Å². The number of hydrazine groups is 1. The minimum atomic E-state index is -0.270. The van der Waals surface area contributed by atoms with Gasteiger partial charge >= 0.3 is 0 Å². The first-order valence-electron chi connectivity index (χ1n) is 8.06. The molecule has 4 aromatic rings. The highest BCUT2D eigenvalue weighted by molar-refractivity contribution is 5.90. The van der Waals surface area contributed by atoms with Crippen LogP contribution in [0.15, 0.2) is 65.7 Å². The van der Waals surface area contributed by atoms with E-state index < -0.39 is 0 Å². The Hall–Kier alpha value is -3.74. The number of nitrogens with zero attached hydrogens (tertiary/aromatic N) is 2. The van der Waals surface area contributed by atoms with Gasteiger partial charge in [0.2, 0.25) is 11.9 Å². The monoisotopic (exact) mass is 345 g/mol. The SMILES string of the molecule is O=C(Cc1cccc2cnccc12)NNc1nc2ccccc2c(=O)[nH]1. The molecule has 26 heavy (non-hydrogen) atoms. The molecule has 2 heterocycles. The van der Waals surface area contributed by atoms with Gasteiger partial charge in [-0.15, -0.1) is 0 Å². The van der Waals surface area contributed by atoms with Crippen LogP contribution in [-0.2, 0) is 11.2 Å². The highest BCUT2D eigenvalue weighted by Gasteiger charge is 2.08. The summed E-state index contributed by atoms with van der Waals surface area (Å²) < 4.78 is 0. The van der Waals surface area contributed by atoms with E-state index in [-0.39, 0.29) is 23.8 Å². The van der Waals surface area contributed by atoms with Crippen LogP contribution in [0.25, 0.3) is 21.7 Å². The minimum absolute atomic E-state index is 0.184. The molecule has 1 amide bonds. The molecule has 0 aliphatic heterocycles. The molecule has 128 valence electrons. The van der Waals surface area contributed by atoms with Crippen LogP contribution in [0, 0.1) is 0 Å². The molecule has 0 unspecified atom stereocenters. The lowest BCUT2D eigenvalue weighted by Gasteiger charge is -2.09. The van der Waals surface area contributed by atoms with Crippen molar-refractivity contribution in [2.24, 2.45) is 0 Å². The number of para-hydroxylation sites is 1. The number of rotatable bonds is 4. The van der Waals surface area contributed by atoms with E-state index >= 15 is 0 Å². The Morgan fingerprint density at radius 2 is 1.92 bits per heavy atom. The highest BCUT2D eigenvalue weighted by atomic mass is 16.2. The Kier molecular flexibility index (Phi) is 4.03. The van der Waals surface area contributed by atoms with Crippen LogP contribution < -0.4 is 16.4 Å². The van der Waals surface area contributed by atoms with Crippen molar-refractivity contribution in [1.82, 2.24) is 20.4 Å². The van der Waals surface area contributed by atoms with E-state index in [2.05, 4.69) is 25.8 Å². The number of aromatic nitrogens is 3. The number of benzene rings is 2. The summed E-state index contributed by atoms with van der Waals surface area (Å²) in [4.78, 5) is 35.3. The maximum atomic E-state index is 12.3. The first kappa shape index (κ1) is 15.8. The van der Waals surface area contributed by atoms with Gasteiger partial charge in [-0.2, -0.15) is 0 Å². The third-order valence-electron chi connectivity index (χ3n) is 4.06. The zero-order valence-electron chi connectivity index (χ0n) is 13.7. The number of pyridine rings is 1. The van der Waals surface area contributed by atoms with Crippen molar-refractivity contribution in [3.05, 3.63) is 76.8 Å². The average molecular weight is 345 g/mol. The second kappa shape index (κ2) is 6.64. The molecule has 0 aliphatic rings. The molecule has 4 rings (SSSR count). The van der Waals surface area contributed by atoms with Gasteiger partial charge in [-0.05, 0) is 29.1 Å². The lowest BCUT2D eigenvalue weighted by molar-refractivity contribution is -0.119. The standard InChI is InChI=1S/C19H15N5O2/c25-17(10-12-4-3-5-13-11-20-9-8-14(12)13)23-24-19-21-16-7-2-1-6-15(16)18(26)22-19/h1-9,11H,10H2,(H,23,25)(H2,21,22,24,26). The van der Waals surface area contributed by atoms with Crippen molar-refractivity contribution in [3.63, 3.8) is 0 Å². The number of carbonyl (C=O) groups excluding carboxylic acids is 1. The predicted octanol–water partition coefficient (Wildman–Crippen LogP) is 2.16. The second-order valence-electron chi connectivity index (χ2n) is 5.80. The third-order valence-corrected chi connectivity index (χ3v) is 4.06. The minimum Gasteiger partial charge on any atom is -0.291 e. The van der Waals surface area contributed by atoms with Crippen molar-refractivity contribution in [2.45, 2.75) is 6.42 Å². The van der Waals surface area contributed by atoms with Crippen molar-refractivity contribution in [2.75, 3.05) is 5.43 Å². The Bertz CT molecular complexity index is 1160. The molecule has 0 aliphatic carbocycles. The fraction of sp³-hybridized carbons (Fsp3) is 0.0526. The smallest absolute Gasteiger partial charge is 0.260 e. The van der Waals surface area contributed by atoms with Crippen LogP contribution in [0.4, 0.5) is 5.95 Å². The van der Waals surface area contributed by atoms with Gasteiger partial charge in [0.25, 0.3) is 5.56 Å². The zero-order chi connectivity index (χ0) is 17.9. The van der Waals surface area contributed by atoms with Crippen LogP contribution in [0.5, 0.6) is 0 Å². The molecule has 0 saturated heterocycles. The quantitative estimate of drug-likeness (QED) is 0.492. The summed E-state index contributed by atoms with van der Waals surface area (Å²) in [5.74, 6) is -0.0608. The van der Waals surface area contributed by atoms with Gasteiger partial charge in [-0.25, -0.2) is 4.98 Å². The summed E-state index contributed by atoms with van der Waals surface area (Å²) in [6.07, 6.45) is 3.65. The summed E-state index contributed by atoms with van der Waals surface area (Å²) in [5, 5.41) is 2.45.